The van der Waals surface area contributed by atoms with Crippen LogP contribution < -0.4 is 0 Å². The number of benzene rings is 2. The first-order valence-corrected chi connectivity index (χ1v) is 8.19. The number of ketones is 1. The van der Waals surface area contributed by atoms with E-state index in [1.165, 1.54) is 6.92 Å². The number of para-hydroxylation sites is 1. The summed E-state index contributed by atoms with van der Waals surface area (Å²) in [5, 5.41) is 1.03. The van der Waals surface area contributed by atoms with Crippen LogP contribution in [0.25, 0.3) is 10.9 Å². The summed E-state index contributed by atoms with van der Waals surface area (Å²) in [6.07, 6.45) is 1.34. The molecule has 0 aliphatic carbocycles. The maximum atomic E-state index is 13.2. The van der Waals surface area contributed by atoms with Crippen molar-refractivity contribution in [3.63, 3.8) is 0 Å². The predicted octanol–water partition coefficient (Wildman–Crippen LogP) is 4.19. The van der Waals surface area contributed by atoms with Crippen LogP contribution in [-0.2, 0) is 16.0 Å². The molecule has 0 fully saturated rings. The minimum absolute atomic E-state index is 0.0409. The molecule has 0 saturated carbocycles. The zero-order valence-corrected chi connectivity index (χ0v) is 14.1. The molecule has 0 radical (unpaired) electrons. The average Bonchev–Trinajstić information content (AvgIpc) is 3.05. The third kappa shape index (κ3) is 3.79. The first-order valence-electron chi connectivity index (χ1n) is 8.19. The topological polar surface area (TPSA) is 59.2 Å². The molecule has 26 heavy (non-hydrogen) atoms. The third-order valence-corrected chi connectivity index (χ3v) is 4.15. The summed E-state index contributed by atoms with van der Waals surface area (Å²) in [6.45, 7) is 1.41. The van der Waals surface area contributed by atoms with Gasteiger partial charge in [0.2, 0.25) is 5.78 Å². The lowest BCUT2D eigenvalue weighted by atomic mass is 10.1. The van der Waals surface area contributed by atoms with Crippen molar-refractivity contribution in [2.24, 2.45) is 0 Å². The second-order valence-electron chi connectivity index (χ2n) is 5.98. The average molecular weight is 357 g/mol. The number of Topliss-reactive ketones (excluding diaryl/α,β-unsaturated/α-hetero) is 1. The second-order valence-corrected chi connectivity index (χ2v) is 5.98. The smallest absolute Gasteiger partial charge is 0.306 e. The molecule has 1 aromatic heterocycles. The zero-order chi connectivity index (χ0) is 18.7. The van der Waals surface area contributed by atoms with E-state index in [-0.39, 0.29) is 12.0 Å². The lowest BCUT2D eigenvalue weighted by Crippen LogP contribution is -2.24. The Balaban J connectivity index is 1.58. The van der Waals surface area contributed by atoms with Crippen molar-refractivity contribution in [3.05, 3.63) is 71.4 Å². The van der Waals surface area contributed by atoms with Gasteiger partial charge in [0.05, 0.1) is 0 Å². The van der Waals surface area contributed by atoms with E-state index >= 15 is 0 Å². The summed E-state index contributed by atoms with van der Waals surface area (Å²) < 4.78 is 31.3. The molecule has 0 bridgehead atoms. The minimum atomic E-state index is -1.12. The molecule has 6 heteroatoms. The highest BCUT2D eigenvalue weighted by Crippen LogP contribution is 2.19. The van der Waals surface area contributed by atoms with Crippen LogP contribution in [0, 0.1) is 11.6 Å². The molecular formula is C20H17F2NO3. The van der Waals surface area contributed by atoms with E-state index < -0.39 is 29.5 Å². The number of aryl methyl sites for hydroxylation is 1. The molecule has 1 N–H and O–H groups in total. The largest absolute Gasteiger partial charge is 0.454 e. The number of halogens is 2. The van der Waals surface area contributed by atoms with Gasteiger partial charge in [0.1, 0.15) is 0 Å². The fraction of sp³-hybridized carbons (Fsp3) is 0.200. The number of ether oxygens (including phenoxy) is 1. The number of H-pyrrole nitrogens is 1. The van der Waals surface area contributed by atoms with Gasteiger partial charge in [0.15, 0.2) is 17.7 Å². The van der Waals surface area contributed by atoms with E-state index in [0.717, 1.165) is 34.7 Å². The summed E-state index contributed by atoms with van der Waals surface area (Å²) in [7, 11) is 0. The molecule has 0 spiro atoms. The van der Waals surface area contributed by atoms with Crippen molar-refractivity contribution in [3.8, 4) is 0 Å². The Labute approximate surface area is 148 Å². The van der Waals surface area contributed by atoms with Crippen LogP contribution in [0.5, 0.6) is 0 Å². The monoisotopic (exact) mass is 357 g/mol. The highest BCUT2D eigenvalue weighted by molar-refractivity contribution is 6.00. The molecule has 0 aliphatic rings. The van der Waals surface area contributed by atoms with Crippen LogP contribution in [0.4, 0.5) is 8.78 Å². The number of hydrogen-bond donors (Lipinski definition) is 1. The van der Waals surface area contributed by atoms with Crippen LogP contribution in [0.1, 0.15) is 29.3 Å². The number of fused-ring (bicyclic) bond motifs is 1. The summed E-state index contributed by atoms with van der Waals surface area (Å²) in [5.74, 6) is -3.26. The number of aromatic nitrogens is 1. The second kappa shape index (κ2) is 7.47. The molecule has 0 amide bonds. The molecule has 0 aliphatic heterocycles. The minimum Gasteiger partial charge on any atom is -0.454 e. The van der Waals surface area contributed by atoms with E-state index in [2.05, 4.69) is 4.98 Å². The third-order valence-electron chi connectivity index (χ3n) is 4.15. The van der Waals surface area contributed by atoms with Crippen molar-refractivity contribution in [2.45, 2.75) is 25.9 Å². The Morgan fingerprint density at radius 1 is 1.12 bits per heavy atom. The number of aromatic amines is 1. The molecule has 1 atom stereocenters. The standard InChI is InChI=1S/C20H17F2NO3/c1-12(20(25)13-6-8-16(21)17(22)10-13)26-19(24)9-7-14-11-23-18-5-3-2-4-15(14)18/h2-6,8,10-12,23H,7,9H2,1H3/t12-/m1/s1. The van der Waals surface area contributed by atoms with Crippen molar-refractivity contribution in [1.29, 1.82) is 0 Å². The molecule has 134 valence electrons. The van der Waals surface area contributed by atoms with Crippen molar-refractivity contribution < 1.29 is 23.1 Å². The number of carbonyl (C=O) groups is 2. The molecule has 4 nitrogen and oxygen atoms in total. The van der Waals surface area contributed by atoms with Gasteiger partial charge in [0.25, 0.3) is 0 Å². The summed E-state index contributed by atoms with van der Waals surface area (Å²) in [4.78, 5) is 27.3. The number of rotatable bonds is 6. The SMILES string of the molecule is C[C@@H](OC(=O)CCc1c[nH]c2ccccc12)C(=O)c1ccc(F)c(F)c1. The van der Waals surface area contributed by atoms with Crippen LogP contribution in [-0.4, -0.2) is 22.8 Å². The molecule has 2 aromatic carbocycles. The van der Waals surface area contributed by atoms with Gasteiger partial charge in [-0.25, -0.2) is 8.78 Å². The molecule has 0 unspecified atom stereocenters. The molecule has 3 rings (SSSR count). The van der Waals surface area contributed by atoms with E-state index in [9.17, 15) is 18.4 Å². The van der Waals surface area contributed by atoms with Gasteiger partial charge in [-0.05, 0) is 43.2 Å². The first-order chi connectivity index (χ1) is 12.5. The Hall–Kier alpha value is -3.02. The van der Waals surface area contributed by atoms with Crippen molar-refractivity contribution in [1.82, 2.24) is 4.98 Å². The fourth-order valence-electron chi connectivity index (χ4n) is 2.77. The molecular weight excluding hydrogens is 340 g/mol. The summed E-state index contributed by atoms with van der Waals surface area (Å²) >= 11 is 0. The van der Waals surface area contributed by atoms with Crippen LogP contribution in [0.2, 0.25) is 0 Å². The number of hydrogen-bond acceptors (Lipinski definition) is 3. The number of nitrogens with one attached hydrogen (secondary N) is 1. The van der Waals surface area contributed by atoms with Gasteiger partial charge < -0.3 is 9.72 Å². The van der Waals surface area contributed by atoms with Crippen LogP contribution in [0.3, 0.4) is 0 Å². The van der Waals surface area contributed by atoms with E-state index in [1.807, 2.05) is 30.5 Å². The van der Waals surface area contributed by atoms with Gasteiger partial charge in [-0.3, -0.25) is 9.59 Å². The molecule has 3 aromatic rings. The predicted molar refractivity (Wildman–Crippen MR) is 92.9 cm³/mol. The lowest BCUT2D eigenvalue weighted by Gasteiger charge is -2.12. The van der Waals surface area contributed by atoms with Gasteiger partial charge in [-0.15, -0.1) is 0 Å². The van der Waals surface area contributed by atoms with E-state index in [4.69, 9.17) is 4.74 Å². The van der Waals surface area contributed by atoms with E-state index in [1.54, 1.807) is 0 Å². The highest BCUT2D eigenvalue weighted by Gasteiger charge is 2.21. The Morgan fingerprint density at radius 3 is 2.65 bits per heavy atom. The number of esters is 1. The van der Waals surface area contributed by atoms with Crippen molar-refractivity contribution >= 4 is 22.7 Å². The Bertz CT molecular complexity index is 965. The fourth-order valence-corrected chi connectivity index (χ4v) is 2.77. The quantitative estimate of drug-likeness (QED) is 0.531. The van der Waals surface area contributed by atoms with Crippen molar-refractivity contribution in [2.75, 3.05) is 0 Å². The summed E-state index contributed by atoms with van der Waals surface area (Å²) in [6, 6.07) is 10.6. The first kappa shape index (κ1) is 17.8. The number of carbonyl (C=O) groups excluding carboxylic acids is 2. The highest BCUT2D eigenvalue weighted by atomic mass is 19.2. The van der Waals surface area contributed by atoms with Crippen LogP contribution in [0.15, 0.2) is 48.7 Å². The van der Waals surface area contributed by atoms with Gasteiger partial charge in [0, 0.05) is 29.1 Å². The van der Waals surface area contributed by atoms with Crippen LogP contribution >= 0.6 is 0 Å². The van der Waals surface area contributed by atoms with Gasteiger partial charge >= 0.3 is 5.97 Å². The van der Waals surface area contributed by atoms with E-state index in [0.29, 0.717) is 6.42 Å². The molecule has 1 heterocycles. The van der Waals surface area contributed by atoms with Gasteiger partial charge in [-0.2, -0.15) is 0 Å². The Morgan fingerprint density at radius 2 is 1.88 bits per heavy atom. The zero-order valence-electron chi connectivity index (χ0n) is 14.1. The summed E-state index contributed by atoms with van der Waals surface area (Å²) in [5.41, 5.74) is 1.93. The Kier molecular flexibility index (Phi) is 5.11. The lowest BCUT2D eigenvalue weighted by molar-refractivity contribution is -0.146. The molecule has 0 saturated heterocycles. The maximum absolute atomic E-state index is 13.2. The maximum Gasteiger partial charge on any atom is 0.306 e. The van der Waals surface area contributed by atoms with Gasteiger partial charge in [-0.1, -0.05) is 18.2 Å². The normalized spacial score (nSPS) is 12.1.